The van der Waals surface area contributed by atoms with Gasteiger partial charge in [-0.05, 0) is 57.4 Å². The highest BCUT2D eigenvalue weighted by Gasteiger charge is 2.68. The van der Waals surface area contributed by atoms with E-state index in [0.29, 0.717) is 23.6 Å². The molecule has 1 aromatic carbocycles. The molecule has 0 bridgehead atoms. The monoisotopic (exact) mass is 555 g/mol. The molecule has 1 unspecified atom stereocenters. The zero-order valence-electron chi connectivity index (χ0n) is 23.1. The molecule has 1 heterocycles. The number of rotatable bonds is 4. The second-order valence-corrected chi connectivity index (χ2v) is 12.0. The Bertz CT molecular complexity index is 1360. The molecule has 1 saturated heterocycles. The number of hydrogen-bond donors (Lipinski definition) is 6. The van der Waals surface area contributed by atoms with E-state index >= 15 is 0 Å². The molecule has 0 aromatic heterocycles. The first-order valence-corrected chi connectivity index (χ1v) is 13.6. The number of nitrogens with two attached hydrogens (primary N) is 1. The lowest BCUT2D eigenvalue weighted by atomic mass is 9.54. The highest BCUT2D eigenvalue weighted by atomic mass is 16.4. The average Bonchev–Trinajstić information content (AvgIpc) is 2.88. The van der Waals surface area contributed by atoms with Crippen LogP contribution >= 0.6 is 0 Å². The molecule has 0 spiro atoms. The highest BCUT2D eigenvalue weighted by molar-refractivity contribution is 6.24. The molecule has 1 saturated carbocycles. The van der Waals surface area contributed by atoms with Crippen LogP contribution in [0.2, 0.25) is 0 Å². The van der Waals surface area contributed by atoms with Crippen LogP contribution in [-0.4, -0.2) is 97.7 Å². The SMILES string of the molecule is CC1CCN(Cc2ccc3c(c2O)C(O)=C2C(=O)C4(O)C(O)=C(C(N)=O)C(=O)[C@@H](N(C)C)[C@@H]4[C@@H](O)[C@@H]2[C@H]3C)CC1. The average molecular weight is 556 g/mol. The van der Waals surface area contributed by atoms with Crippen molar-refractivity contribution >= 4 is 23.2 Å². The van der Waals surface area contributed by atoms with Gasteiger partial charge in [-0.3, -0.25) is 24.2 Å². The van der Waals surface area contributed by atoms with Crippen LogP contribution in [0.15, 0.2) is 29.0 Å². The smallest absolute Gasteiger partial charge is 0.255 e. The van der Waals surface area contributed by atoms with Crippen molar-refractivity contribution in [3.8, 4) is 5.75 Å². The number of likely N-dealkylation sites (N-methyl/N-ethyl adjacent to an activating group) is 1. The van der Waals surface area contributed by atoms with Gasteiger partial charge in [0.05, 0.1) is 23.6 Å². The van der Waals surface area contributed by atoms with Crippen LogP contribution in [0.5, 0.6) is 5.75 Å². The molecule has 7 N–H and O–H groups in total. The Hall–Kier alpha value is -3.25. The molecule has 2 fully saturated rings. The Balaban J connectivity index is 1.67. The summed E-state index contributed by atoms with van der Waals surface area (Å²) in [6, 6.07) is 2.15. The number of carbonyl (C=O) groups is 3. The van der Waals surface area contributed by atoms with Crippen molar-refractivity contribution in [3.63, 3.8) is 0 Å². The number of aromatic hydroxyl groups is 1. The van der Waals surface area contributed by atoms with Crippen molar-refractivity contribution in [2.45, 2.75) is 56.9 Å². The lowest BCUT2D eigenvalue weighted by Gasteiger charge is -2.53. The number of primary amides is 1. The van der Waals surface area contributed by atoms with E-state index in [0.717, 1.165) is 25.9 Å². The number of phenolic OH excluding ortho intramolecular Hbond substituents is 1. The maximum atomic E-state index is 14.1. The molecule has 4 aliphatic rings. The number of likely N-dealkylation sites (tertiary alicyclic amines) is 1. The third kappa shape index (κ3) is 3.82. The van der Waals surface area contributed by atoms with Gasteiger partial charge < -0.3 is 31.3 Å². The van der Waals surface area contributed by atoms with Gasteiger partial charge >= 0.3 is 0 Å². The minimum absolute atomic E-state index is 0.0267. The van der Waals surface area contributed by atoms with E-state index in [1.165, 1.54) is 19.0 Å². The fourth-order valence-corrected chi connectivity index (χ4v) is 7.25. The van der Waals surface area contributed by atoms with Gasteiger partial charge in [-0.25, -0.2) is 0 Å². The van der Waals surface area contributed by atoms with Gasteiger partial charge in [0.25, 0.3) is 5.91 Å². The number of aliphatic hydroxyl groups is 4. The number of ketones is 2. The number of nitrogens with zero attached hydrogens (tertiary/aromatic N) is 2. The van der Waals surface area contributed by atoms with Crippen LogP contribution in [0.1, 0.15) is 49.3 Å². The fraction of sp³-hybridized carbons (Fsp3) is 0.552. The highest BCUT2D eigenvalue weighted by Crippen LogP contribution is 2.56. The number of hydrogen-bond acceptors (Lipinski definition) is 10. The third-order valence-corrected chi connectivity index (χ3v) is 9.48. The molecule has 3 aliphatic carbocycles. The molecule has 1 amide bonds. The van der Waals surface area contributed by atoms with Crippen molar-refractivity contribution < 1.29 is 39.9 Å². The van der Waals surface area contributed by atoms with E-state index in [2.05, 4.69) is 11.8 Å². The maximum absolute atomic E-state index is 14.1. The molecular weight excluding hydrogens is 518 g/mol. The summed E-state index contributed by atoms with van der Waals surface area (Å²) in [5, 5.41) is 57.3. The number of carbonyl (C=O) groups excluding carboxylic acids is 3. The van der Waals surface area contributed by atoms with Crippen LogP contribution in [0.3, 0.4) is 0 Å². The summed E-state index contributed by atoms with van der Waals surface area (Å²) in [5.74, 6) is -8.12. The molecule has 216 valence electrons. The summed E-state index contributed by atoms with van der Waals surface area (Å²) in [4.78, 5) is 43.0. The van der Waals surface area contributed by atoms with Gasteiger partial charge in [-0.15, -0.1) is 0 Å². The minimum atomic E-state index is -2.92. The number of fused-ring (bicyclic) bond motifs is 3. The summed E-state index contributed by atoms with van der Waals surface area (Å²) in [7, 11) is 2.96. The first-order chi connectivity index (χ1) is 18.7. The Labute approximate surface area is 232 Å². The Morgan fingerprint density at radius 3 is 2.33 bits per heavy atom. The molecule has 40 heavy (non-hydrogen) atoms. The largest absolute Gasteiger partial charge is 0.508 e. The van der Waals surface area contributed by atoms with Gasteiger partial charge in [-0.2, -0.15) is 0 Å². The Morgan fingerprint density at radius 2 is 1.75 bits per heavy atom. The van der Waals surface area contributed by atoms with Crippen molar-refractivity contribution in [1.29, 1.82) is 0 Å². The quantitative estimate of drug-likeness (QED) is 0.289. The zero-order chi connectivity index (χ0) is 29.4. The maximum Gasteiger partial charge on any atom is 0.255 e. The van der Waals surface area contributed by atoms with Crippen molar-refractivity contribution in [2.75, 3.05) is 27.2 Å². The van der Waals surface area contributed by atoms with Gasteiger partial charge in [0.2, 0.25) is 5.78 Å². The molecule has 1 aliphatic heterocycles. The molecule has 11 heteroatoms. The summed E-state index contributed by atoms with van der Waals surface area (Å²) in [6.45, 7) is 6.09. The van der Waals surface area contributed by atoms with E-state index in [1.807, 2.05) is 0 Å². The zero-order valence-corrected chi connectivity index (χ0v) is 23.1. The summed E-state index contributed by atoms with van der Waals surface area (Å²) in [5.41, 5.74) is 2.21. The van der Waals surface area contributed by atoms with Gasteiger partial charge in [-0.1, -0.05) is 26.0 Å². The lowest BCUT2D eigenvalue weighted by Crippen LogP contribution is -2.70. The topological polar surface area (TPSA) is 185 Å². The normalized spacial score (nSPS) is 33.2. The van der Waals surface area contributed by atoms with E-state index in [-0.39, 0.29) is 16.9 Å². The molecule has 6 atom stereocenters. The fourth-order valence-electron chi connectivity index (χ4n) is 7.25. The minimum Gasteiger partial charge on any atom is -0.508 e. The third-order valence-electron chi connectivity index (χ3n) is 9.48. The number of benzene rings is 1. The first-order valence-electron chi connectivity index (χ1n) is 13.6. The second-order valence-electron chi connectivity index (χ2n) is 12.0. The predicted molar refractivity (Wildman–Crippen MR) is 144 cm³/mol. The van der Waals surface area contributed by atoms with Gasteiger partial charge in [0, 0.05) is 23.6 Å². The van der Waals surface area contributed by atoms with Gasteiger partial charge in [0.1, 0.15) is 22.8 Å². The van der Waals surface area contributed by atoms with E-state index in [4.69, 9.17) is 5.73 Å². The van der Waals surface area contributed by atoms with Crippen LogP contribution in [0.4, 0.5) is 0 Å². The van der Waals surface area contributed by atoms with Crippen molar-refractivity contribution in [2.24, 2.45) is 23.5 Å². The number of phenols is 1. The standard InChI is InChI=1S/C29H37N3O8/c1-12-7-9-32(10-8-12)11-14-5-6-15-13(2)16-18(23(34)17(15)22(14)33)26(37)29(40)20(24(16)35)21(31(3)4)25(36)19(27(29)38)28(30)39/h5-6,12-13,16,20-21,24,33-35,38,40H,7-11H2,1-4H3,(H2,30,39)/t13-,16+,20+,21-,24-,29?/m0/s1. The molecule has 11 nitrogen and oxygen atoms in total. The van der Waals surface area contributed by atoms with Crippen LogP contribution in [0, 0.1) is 17.8 Å². The van der Waals surface area contributed by atoms with Crippen LogP contribution < -0.4 is 5.73 Å². The summed E-state index contributed by atoms with van der Waals surface area (Å²) < 4.78 is 0. The molecule has 1 aromatic rings. The molecule has 0 radical (unpaired) electrons. The van der Waals surface area contributed by atoms with E-state index < -0.39 is 70.1 Å². The van der Waals surface area contributed by atoms with E-state index in [1.54, 1.807) is 19.1 Å². The van der Waals surface area contributed by atoms with Crippen molar-refractivity contribution in [1.82, 2.24) is 9.80 Å². The predicted octanol–water partition coefficient (Wildman–Crippen LogP) is 0.728. The van der Waals surface area contributed by atoms with Crippen LogP contribution in [0.25, 0.3) is 5.76 Å². The second kappa shape index (κ2) is 9.69. The molecular formula is C29H37N3O8. The first kappa shape index (κ1) is 28.3. The van der Waals surface area contributed by atoms with Gasteiger partial charge in [0.15, 0.2) is 11.4 Å². The number of piperidine rings is 1. The number of Topliss-reactive ketones (excluding diaryl/α,β-unsaturated/α-hetero) is 2. The summed E-state index contributed by atoms with van der Waals surface area (Å²) >= 11 is 0. The summed E-state index contributed by atoms with van der Waals surface area (Å²) in [6.07, 6.45) is 0.465. The lowest BCUT2D eigenvalue weighted by molar-refractivity contribution is -0.169. The van der Waals surface area contributed by atoms with E-state index in [9.17, 15) is 39.9 Å². The number of aliphatic hydroxyl groups excluding tert-OH is 3. The number of amides is 1. The Kier molecular flexibility index (Phi) is 6.85. The van der Waals surface area contributed by atoms with Crippen LogP contribution in [-0.2, 0) is 20.9 Å². The Morgan fingerprint density at radius 1 is 1.12 bits per heavy atom. The molecule has 5 rings (SSSR count). The van der Waals surface area contributed by atoms with Crippen molar-refractivity contribution in [3.05, 3.63) is 45.7 Å².